The molecule has 0 spiro atoms. The first-order valence-corrected chi connectivity index (χ1v) is 7.14. The monoisotopic (exact) mass is 309 g/mol. The highest BCUT2D eigenvalue weighted by Crippen LogP contribution is 2.25. The molecule has 1 aliphatic rings. The van der Waals surface area contributed by atoms with Crippen LogP contribution in [0, 0.1) is 0 Å². The lowest BCUT2D eigenvalue weighted by Crippen LogP contribution is -2.21. The van der Waals surface area contributed by atoms with E-state index in [2.05, 4.69) is 25.4 Å². The summed E-state index contributed by atoms with van der Waals surface area (Å²) in [4.78, 5) is 6.59. The molecule has 2 heterocycles. The second-order valence-corrected chi connectivity index (χ2v) is 5.49. The lowest BCUT2D eigenvalue weighted by molar-refractivity contribution is 0.852. The summed E-state index contributed by atoms with van der Waals surface area (Å²) in [6.45, 7) is 1.96. The Kier molecular flexibility index (Phi) is 3.89. The van der Waals surface area contributed by atoms with Crippen molar-refractivity contribution >= 4 is 40.7 Å². The van der Waals surface area contributed by atoms with Crippen LogP contribution < -0.4 is 10.2 Å². The fourth-order valence-electron chi connectivity index (χ4n) is 2.18. The van der Waals surface area contributed by atoms with Crippen LogP contribution in [0.1, 0.15) is 12.8 Å². The third-order valence-corrected chi connectivity index (χ3v) is 3.51. The average Bonchev–Trinajstić information content (AvgIpc) is 2.91. The van der Waals surface area contributed by atoms with Crippen LogP contribution in [0.3, 0.4) is 0 Å². The SMILES string of the molecule is Clc1cc(Cl)cc(Nc2cnnc(N3CCCC3)n2)c1. The van der Waals surface area contributed by atoms with E-state index in [9.17, 15) is 0 Å². The van der Waals surface area contributed by atoms with Gasteiger partial charge in [0.25, 0.3) is 0 Å². The predicted molar refractivity (Wildman–Crippen MR) is 81.0 cm³/mol. The molecule has 5 nitrogen and oxygen atoms in total. The van der Waals surface area contributed by atoms with Gasteiger partial charge < -0.3 is 10.2 Å². The molecular formula is C13H13Cl2N5. The summed E-state index contributed by atoms with van der Waals surface area (Å²) in [5.41, 5.74) is 0.773. The van der Waals surface area contributed by atoms with Gasteiger partial charge in [0.15, 0.2) is 5.82 Å². The summed E-state index contributed by atoms with van der Waals surface area (Å²) in [6.07, 6.45) is 3.92. The molecule has 1 aromatic carbocycles. The molecule has 1 aromatic heterocycles. The van der Waals surface area contributed by atoms with Crippen molar-refractivity contribution < 1.29 is 0 Å². The number of benzene rings is 1. The van der Waals surface area contributed by atoms with Crippen molar-refractivity contribution in [1.29, 1.82) is 0 Å². The molecule has 0 radical (unpaired) electrons. The van der Waals surface area contributed by atoms with Gasteiger partial charge in [0.2, 0.25) is 5.95 Å². The average molecular weight is 310 g/mol. The van der Waals surface area contributed by atoms with Crippen LogP contribution in [-0.2, 0) is 0 Å². The fourth-order valence-corrected chi connectivity index (χ4v) is 2.71. The van der Waals surface area contributed by atoms with Crippen LogP contribution in [0.25, 0.3) is 0 Å². The van der Waals surface area contributed by atoms with Crippen molar-refractivity contribution in [1.82, 2.24) is 15.2 Å². The molecule has 0 bridgehead atoms. The summed E-state index contributed by atoms with van der Waals surface area (Å²) < 4.78 is 0. The standard InChI is InChI=1S/C13H13Cl2N5/c14-9-5-10(15)7-11(6-9)17-12-8-16-19-13(18-12)20-3-1-2-4-20/h5-8H,1-4H2,(H,17,18,19). The maximum atomic E-state index is 5.97. The highest BCUT2D eigenvalue weighted by Gasteiger charge is 2.15. The third-order valence-electron chi connectivity index (χ3n) is 3.07. The minimum atomic E-state index is 0.571. The van der Waals surface area contributed by atoms with Crippen LogP contribution >= 0.6 is 23.2 Å². The molecule has 7 heteroatoms. The molecule has 3 rings (SSSR count). The maximum absolute atomic E-state index is 5.97. The first kappa shape index (κ1) is 13.4. The molecule has 1 aliphatic heterocycles. The lowest BCUT2D eigenvalue weighted by atomic mass is 10.3. The van der Waals surface area contributed by atoms with Gasteiger partial charge in [-0.3, -0.25) is 0 Å². The van der Waals surface area contributed by atoms with Gasteiger partial charge >= 0.3 is 0 Å². The molecule has 1 saturated heterocycles. The van der Waals surface area contributed by atoms with E-state index >= 15 is 0 Å². The van der Waals surface area contributed by atoms with E-state index in [4.69, 9.17) is 23.2 Å². The third kappa shape index (κ3) is 3.11. The van der Waals surface area contributed by atoms with E-state index in [0.717, 1.165) is 18.8 Å². The number of aromatic nitrogens is 3. The van der Waals surface area contributed by atoms with Crippen LogP contribution in [0.2, 0.25) is 10.0 Å². The smallest absolute Gasteiger partial charge is 0.247 e. The Hall–Kier alpha value is -1.59. The van der Waals surface area contributed by atoms with Crippen LogP contribution in [0.15, 0.2) is 24.4 Å². The topological polar surface area (TPSA) is 53.9 Å². The molecule has 0 amide bonds. The number of rotatable bonds is 3. The molecule has 0 unspecified atom stereocenters. The summed E-state index contributed by atoms with van der Waals surface area (Å²) >= 11 is 11.9. The Morgan fingerprint density at radius 3 is 2.45 bits per heavy atom. The Morgan fingerprint density at radius 1 is 1.05 bits per heavy atom. The van der Waals surface area contributed by atoms with Crippen molar-refractivity contribution in [3.63, 3.8) is 0 Å². The Bertz CT molecular complexity index is 593. The van der Waals surface area contributed by atoms with Gasteiger partial charge in [0, 0.05) is 28.8 Å². The summed E-state index contributed by atoms with van der Waals surface area (Å²) in [7, 11) is 0. The predicted octanol–water partition coefficient (Wildman–Crippen LogP) is 3.52. The van der Waals surface area contributed by atoms with E-state index in [1.807, 2.05) is 0 Å². The minimum Gasteiger partial charge on any atom is -0.339 e. The van der Waals surface area contributed by atoms with Gasteiger partial charge in [-0.05, 0) is 31.0 Å². The number of nitrogens with zero attached hydrogens (tertiary/aromatic N) is 4. The molecule has 0 saturated carbocycles. The van der Waals surface area contributed by atoms with Gasteiger partial charge in [-0.1, -0.05) is 23.2 Å². The highest BCUT2D eigenvalue weighted by atomic mass is 35.5. The highest BCUT2D eigenvalue weighted by molar-refractivity contribution is 6.35. The zero-order chi connectivity index (χ0) is 13.9. The van der Waals surface area contributed by atoms with Gasteiger partial charge in [-0.25, -0.2) is 0 Å². The first-order chi connectivity index (χ1) is 9.70. The Labute approximate surface area is 126 Å². The number of halogens is 2. The summed E-state index contributed by atoms with van der Waals surface area (Å²) in [5.74, 6) is 1.28. The molecule has 1 fully saturated rings. The normalized spacial score (nSPS) is 14.6. The van der Waals surface area contributed by atoms with Crippen molar-refractivity contribution in [3.8, 4) is 0 Å². The number of nitrogens with one attached hydrogen (secondary N) is 1. The first-order valence-electron chi connectivity index (χ1n) is 6.38. The Balaban J connectivity index is 1.81. The van der Waals surface area contributed by atoms with Crippen molar-refractivity contribution in [2.75, 3.05) is 23.3 Å². The van der Waals surface area contributed by atoms with Crippen molar-refractivity contribution in [2.45, 2.75) is 12.8 Å². The van der Waals surface area contributed by atoms with E-state index in [1.54, 1.807) is 24.4 Å². The molecule has 1 N–H and O–H groups in total. The van der Waals surface area contributed by atoms with Crippen molar-refractivity contribution in [3.05, 3.63) is 34.4 Å². The van der Waals surface area contributed by atoms with Gasteiger partial charge in [0.05, 0.1) is 6.20 Å². The van der Waals surface area contributed by atoms with Gasteiger partial charge in [-0.15, -0.1) is 5.10 Å². The molecule has 0 atom stereocenters. The summed E-state index contributed by atoms with van der Waals surface area (Å²) in [5, 5.41) is 12.3. The second kappa shape index (κ2) is 5.81. The molecule has 20 heavy (non-hydrogen) atoms. The number of hydrogen-bond donors (Lipinski definition) is 1. The van der Waals surface area contributed by atoms with Crippen molar-refractivity contribution in [2.24, 2.45) is 0 Å². The van der Waals surface area contributed by atoms with Crippen LogP contribution in [-0.4, -0.2) is 28.3 Å². The maximum Gasteiger partial charge on any atom is 0.247 e. The number of hydrogen-bond acceptors (Lipinski definition) is 5. The minimum absolute atomic E-state index is 0.571. The van der Waals surface area contributed by atoms with Crippen LogP contribution in [0.5, 0.6) is 0 Å². The van der Waals surface area contributed by atoms with Gasteiger partial charge in [0.1, 0.15) is 0 Å². The molecular weight excluding hydrogens is 297 g/mol. The molecule has 0 aliphatic carbocycles. The van der Waals surface area contributed by atoms with E-state index < -0.39 is 0 Å². The zero-order valence-corrected chi connectivity index (χ0v) is 12.2. The number of anilines is 3. The van der Waals surface area contributed by atoms with Crippen LogP contribution in [0.4, 0.5) is 17.5 Å². The lowest BCUT2D eigenvalue weighted by Gasteiger charge is -2.15. The fraction of sp³-hybridized carbons (Fsp3) is 0.308. The second-order valence-electron chi connectivity index (χ2n) is 4.62. The summed E-state index contributed by atoms with van der Waals surface area (Å²) in [6, 6.07) is 5.25. The zero-order valence-electron chi connectivity index (χ0n) is 10.7. The van der Waals surface area contributed by atoms with E-state index in [1.165, 1.54) is 12.8 Å². The van der Waals surface area contributed by atoms with E-state index in [0.29, 0.717) is 21.8 Å². The largest absolute Gasteiger partial charge is 0.339 e. The molecule has 104 valence electrons. The van der Waals surface area contributed by atoms with E-state index in [-0.39, 0.29) is 0 Å². The van der Waals surface area contributed by atoms with Gasteiger partial charge in [-0.2, -0.15) is 10.1 Å². The Morgan fingerprint density at radius 2 is 1.75 bits per heavy atom. The molecule has 2 aromatic rings. The quantitative estimate of drug-likeness (QED) is 0.940.